The van der Waals surface area contributed by atoms with Crippen LogP contribution < -0.4 is 5.48 Å². The highest BCUT2D eigenvalue weighted by Gasteiger charge is 2.30. The lowest BCUT2D eigenvalue weighted by Crippen LogP contribution is -2.31. The van der Waals surface area contributed by atoms with E-state index in [2.05, 4.69) is 0 Å². The maximum Gasteiger partial charge on any atom is 0.335 e. The summed E-state index contributed by atoms with van der Waals surface area (Å²) in [5, 5.41) is 17.3. The highest BCUT2D eigenvalue weighted by molar-refractivity contribution is 7.89. The summed E-state index contributed by atoms with van der Waals surface area (Å²) in [6.07, 6.45) is 1.40. The Labute approximate surface area is 120 Å². The van der Waals surface area contributed by atoms with Crippen LogP contribution in [0, 0.1) is 0 Å². The number of amides is 1. The molecule has 0 radical (unpaired) electrons. The summed E-state index contributed by atoms with van der Waals surface area (Å²) in [6, 6.07) is 4.78. The minimum absolute atomic E-state index is 0.00572. The fourth-order valence-electron chi connectivity index (χ4n) is 1.87. The van der Waals surface area contributed by atoms with E-state index >= 15 is 0 Å². The maximum atomic E-state index is 12.3. The van der Waals surface area contributed by atoms with Crippen molar-refractivity contribution in [1.82, 2.24) is 9.79 Å². The first-order valence-corrected chi connectivity index (χ1v) is 7.27. The van der Waals surface area contributed by atoms with Gasteiger partial charge >= 0.3 is 5.97 Å². The summed E-state index contributed by atoms with van der Waals surface area (Å²) in [7, 11) is -3.83. The average Bonchev–Trinajstić information content (AvgIpc) is 2.97. The molecule has 1 aromatic rings. The van der Waals surface area contributed by atoms with Crippen molar-refractivity contribution in [3.63, 3.8) is 0 Å². The van der Waals surface area contributed by atoms with E-state index in [1.807, 2.05) is 0 Å². The Bertz CT molecular complexity index is 708. The molecule has 9 heteroatoms. The van der Waals surface area contributed by atoms with E-state index in [-0.39, 0.29) is 29.1 Å². The van der Waals surface area contributed by atoms with Gasteiger partial charge in [0, 0.05) is 18.7 Å². The van der Waals surface area contributed by atoms with Crippen LogP contribution in [-0.2, 0) is 14.8 Å². The van der Waals surface area contributed by atoms with Gasteiger partial charge in [0.25, 0.3) is 5.91 Å². The molecular formula is C12H12N2O6S. The van der Waals surface area contributed by atoms with Crippen LogP contribution in [-0.4, -0.2) is 48.0 Å². The molecule has 0 saturated carbocycles. The van der Waals surface area contributed by atoms with Crippen molar-refractivity contribution in [2.24, 2.45) is 0 Å². The second-order valence-corrected chi connectivity index (χ2v) is 6.24. The van der Waals surface area contributed by atoms with Crippen LogP contribution in [0.4, 0.5) is 0 Å². The molecule has 112 valence electrons. The number of hydroxylamine groups is 1. The molecule has 0 aliphatic carbocycles. The molecule has 1 amide bonds. The molecule has 0 unspecified atom stereocenters. The summed E-state index contributed by atoms with van der Waals surface area (Å²) in [4.78, 5) is 21.9. The fourth-order valence-corrected chi connectivity index (χ4v) is 3.23. The molecule has 1 aromatic carbocycles. The Morgan fingerprint density at radius 2 is 1.81 bits per heavy atom. The van der Waals surface area contributed by atoms with E-state index < -0.39 is 21.9 Å². The van der Waals surface area contributed by atoms with Crippen LogP contribution in [0.15, 0.2) is 40.8 Å². The van der Waals surface area contributed by atoms with E-state index in [1.165, 1.54) is 35.8 Å². The highest BCUT2D eigenvalue weighted by atomic mass is 32.2. The first-order valence-electron chi connectivity index (χ1n) is 5.83. The van der Waals surface area contributed by atoms with E-state index in [9.17, 15) is 18.0 Å². The first-order chi connectivity index (χ1) is 9.86. The zero-order chi connectivity index (χ0) is 15.6. The SMILES string of the molecule is O=C(NO)C1=CCN(S(=O)(=O)c2ccc(C(=O)O)cc2)C1. The second kappa shape index (κ2) is 5.64. The minimum atomic E-state index is -3.83. The van der Waals surface area contributed by atoms with Crippen LogP contribution in [0.25, 0.3) is 0 Å². The molecule has 21 heavy (non-hydrogen) atoms. The van der Waals surface area contributed by atoms with Gasteiger partial charge in [0.15, 0.2) is 0 Å². The Morgan fingerprint density at radius 1 is 1.19 bits per heavy atom. The second-order valence-electron chi connectivity index (χ2n) is 4.30. The van der Waals surface area contributed by atoms with Crippen LogP contribution in [0.2, 0.25) is 0 Å². The van der Waals surface area contributed by atoms with Gasteiger partial charge < -0.3 is 5.11 Å². The lowest BCUT2D eigenvalue weighted by Gasteiger charge is -2.16. The van der Waals surface area contributed by atoms with Gasteiger partial charge in [0.2, 0.25) is 10.0 Å². The fraction of sp³-hybridized carbons (Fsp3) is 0.167. The van der Waals surface area contributed by atoms with Gasteiger partial charge in [0.1, 0.15) is 0 Å². The Hall–Kier alpha value is -2.23. The largest absolute Gasteiger partial charge is 0.478 e. The highest BCUT2D eigenvalue weighted by Crippen LogP contribution is 2.21. The molecular weight excluding hydrogens is 300 g/mol. The summed E-state index contributed by atoms with van der Waals surface area (Å²) >= 11 is 0. The van der Waals surface area contributed by atoms with Gasteiger partial charge in [0.05, 0.1) is 10.5 Å². The predicted octanol–water partition coefficient (Wildman–Crippen LogP) is -0.179. The van der Waals surface area contributed by atoms with Gasteiger partial charge in [-0.2, -0.15) is 4.31 Å². The number of carboxylic acid groups (broad SMARTS) is 1. The summed E-state index contributed by atoms with van der Waals surface area (Å²) in [5.41, 5.74) is 1.57. The maximum absolute atomic E-state index is 12.3. The molecule has 2 rings (SSSR count). The molecule has 1 aliphatic heterocycles. The number of sulfonamides is 1. The van der Waals surface area contributed by atoms with Crippen LogP contribution in [0.5, 0.6) is 0 Å². The molecule has 8 nitrogen and oxygen atoms in total. The van der Waals surface area contributed by atoms with Crippen molar-refractivity contribution in [1.29, 1.82) is 0 Å². The molecule has 1 aliphatic rings. The zero-order valence-corrected chi connectivity index (χ0v) is 11.5. The number of aromatic carboxylic acids is 1. The Balaban J connectivity index is 2.20. The number of rotatable bonds is 4. The molecule has 0 spiro atoms. The molecule has 0 aromatic heterocycles. The van der Waals surface area contributed by atoms with Crippen molar-refractivity contribution in [2.45, 2.75) is 4.90 Å². The number of hydrogen-bond donors (Lipinski definition) is 3. The number of carboxylic acids is 1. The van der Waals surface area contributed by atoms with Crippen LogP contribution in [0.1, 0.15) is 10.4 Å². The van der Waals surface area contributed by atoms with Gasteiger partial charge in [-0.3, -0.25) is 10.0 Å². The zero-order valence-electron chi connectivity index (χ0n) is 10.7. The van der Waals surface area contributed by atoms with Crippen molar-refractivity contribution in [2.75, 3.05) is 13.1 Å². The summed E-state index contributed by atoms with van der Waals surface area (Å²) in [5.74, 6) is -1.90. The summed E-state index contributed by atoms with van der Waals surface area (Å²) in [6.45, 7) is -0.152. The predicted molar refractivity (Wildman–Crippen MR) is 70.2 cm³/mol. The van der Waals surface area contributed by atoms with E-state index in [0.29, 0.717) is 0 Å². The monoisotopic (exact) mass is 312 g/mol. The smallest absolute Gasteiger partial charge is 0.335 e. The van der Waals surface area contributed by atoms with E-state index in [1.54, 1.807) is 0 Å². The summed E-state index contributed by atoms with van der Waals surface area (Å²) < 4.78 is 25.7. The van der Waals surface area contributed by atoms with Crippen LogP contribution >= 0.6 is 0 Å². The van der Waals surface area contributed by atoms with Crippen molar-refractivity contribution in [3.8, 4) is 0 Å². The minimum Gasteiger partial charge on any atom is -0.478 e. The number of carbonyl (C=O) groups is 2. The van der Waals surface area contributed by atoms with E-state index in [4.69, 9.17) is 10.3 Å². The number of nitrogens with one attached hydrogen (secondary N) is 1. The number of nitrogens with zero attached hydrogens (tertiary/aromatic N) is 1. The Kier molecular flexibility index (Phi) is 4.07. The number of benzene rings is 1. The van der Waals surface area contributed by atoms with Gasteiger partial charge in [-0.05, 0) is 24.3 Å². The molecule has 0 saturated heterocycles. The molecule has 3 N–H and O–H groups in total. The van der Waals surface area contributed by atoms with Gasteiger partial charge in [-0.15, -0.1) is 0 Å². The van der Waals surface area contributed by atoms with Crippen molar-refractivity contribution >= 4 is 21.9 Å². The lowest BCUT2D eigenvalue weighted by atomic mass is 10.2. The Morgan fingerprint density at radius 3 is 2.33 bits per heavy atom. The van der Waals surface area contributed by atoms with Crippen molar-refractivity contribution < 1.29 is 28.3 Å². The molecule has 1 heterocycles. The third-order valence-electron chi connectivity index (χ3n) is 3.02. The quantitative estimate of drug-likeness (QED) is 0.523. The normalized spacial score (nSPS) is 15.6. The van der Waals surface area contributed by atoms with Gasteiger partial charge in [-0.25, -0.2) is 18.7 Å². The molecule has 0 fully saturated rings. The lowest BCUT2D eigenvalue weighted by molar-refractivity contribution is -0.125. The number of hydrogen-bond acceptors (Lipinski definition) is 5. The van der Waals surface area contributed by atoms with Crippen LogP contribution in [0.3, 0.4) is 0 Å². The third kappa shape index (κ3) is 2.94. The standard InChI is InChI=1S/C12H12N2O6S/c15-11(13-18)9-5-6-14(7-9)21(19,20)10-3-1-8(2-4-10)12(16)17/h1-5,18H,6-7H2,(H,13,15)(H,16,17). The van der Waals surface area contributed by atoms with Crippen molar-refractivity contribution in [3.05, 3.63) is 41.5 Å². The average molecular weight is 312 g/mol. The first kappa shape index (κ1) is 15.2. The third-order valence-corrected chi connectivity index (χ3v) is 4.85. The molecule has 0 atom stereocenters. The number of carbonyl (C=O) groups excluding carboxylic acids is 1. The topological polar surface area (TPSA) is 124 Å². The molecule has 0 bridgehead atoms. The van der Waals surface area contributed by atoms with Gasteiger partial charge in [-0.1, -0.05) is 6.08 Å². The van der Waals surface area contributed by atoms with E-state index in [0.717, 1.165) is 4.31 Å².